The van der Waals surface area contributed by atoms with Gasteiger partial charge in [0.15, 0.2) is 0 Å². The Hall–Kier alpha value is -9.28. The van der Waals surface area contributed by atoms with Crippen molar-refractivity contribution < 1.29 is 0 Å². The summed E-state index contributed by atoms with van der Waals surface area (Å²) in [5, 5.41) is 4.97. The molecule has 2 aliphatic rings. The van der Waals surface area contributed by atoms with Crippen molar-refractivity contribution in [1.82, 2.24) is 9.13 Å². The molecular weight excluding hydrogens is 913 g/mol. The molecule has 0 N–H and O–H groups in total. The van der Waals surface area contributed by atoms with Crippen LogP contribution in [0.15, 0.2) is 267 Å². The standard InChI is InChI=1S/C71H44N2S/c1-5-19-45(20-6-1)67-68-55-29-14-17-31-61(55)71(70(68)74-69(67)46-21-7-2-8-22-46)60-30-16-13-27-53(60)56-41-47(33-37-62(56)71)49-35-39-65-58(43-49)59-44-50(36-40-66(59)73(65)52-25-11-4-12-26-52)48-34-38-64-57(42-48)54-28-15-18-32-63(54)72(64)51-23-9-3-10-24-51/h1-44H. The normalized spacial score (nSPS) is 14.3. The second-order valence-corrected chi connectivity index (χ2v) is 20.9. The van der Waals surface area contributed by atoms with Gasteiger partial charge in [-0.2, -0.15) is 0 Å². The summed E-state index contributed by atoms with van der Waals surface area (Å²) in [6.07, 6.45) is 0. The average Bonchev–Trinajstić information content (AvgIpc) is 4.43. The van der Waals surface area contributed by atoms with Gasteiger partial charge in [0.2, 0.25) is 0 Å². The predicted molar refractivity (Wildman–Crippen MR) is 311 cm³/mol. The van der Waals surface area contributed by atoms with Gasteiger partial charge in [-0.25, -0.2) is 0 Å². The number of para-hydroxylation sites is 3. The van der Waals surface area contributed by atoms with Crippen molar-refractivity contribution in [3.05, 3.63) is 288 Å². The van der Waals surface area contributed by atoms with Crippen LogP contribution in [-0.4, -0.2) is 9.13 Å². The van der Waals surface area contributed by atoms with Crippen molar-refractivity contribution in [1.29, 1.82) is 0 Å². The summed E-state index contributed by atoms with van der Waals surface area (Å²) in [5.74, 6) is 0. The van der Waals surface area contributed by atoms with Crippen LogP contribution in [0.1, 0.15) is 21.6 Å². The largest absolute Gasteiger partial charge is 0.309 e. The zero-order valence-electron chi connectivity index (χ0n) is 40.2. The number of fused-ring (bicyclic) bond motifs is 16. The molecule has 3 aromatic heterocycles. The van der Waals surface area contributed by atoms with E-state index in [4.69, 9.17) is 0 Å². The molecule has 11 aromatic carbocycles. The van der Waals surface area contributed by atoms with Crippen LogP contribution in [0.25, 0.3) is 121 Å². The van der Waals surface area contributed by atoms with Gasteiger partial charge in [-0.05, 0) is 140 Å². The SMILES string of the molecule is c1ccc(-c2sc3c(c2-c2ccccc2)-c2ccccc2C32c3ccccc3-c3cc(-c4ccc5c(c4)c4cc(-c6ccc7c(c6)c6ccccc6n7-c6ccccc6)ccc4n5-c4ccccc4)ccc32)cc1. The number of benzene rings is 11. The van der Waals surface area contributed by atoms with Crippen molar-refractivity contribution in [2.45, 2.75) is 5.41 Å². The first-order chi connectivity index (χ1) is 36.7. The van der Waals surface area contributed by atoms with Gasteiger partial charge in [0.1, 0.15) is 0 Å². The molecule has 2 aliphatic carbocycles. The first kappa shape index (κ1) is 41.3. The Morgan fingerprint density at radius 2 is 0.689 bits per heavy atom. The molecule has 344 valence electrons. The Labute approximate surface area is 433 Å². The van der Waals surface area contributed by atoms with Crippen LogP contribution < -0.4 is 0 Å². The highest BCUT2D eigenvalue weighted by atomic mass is 32.1. The van der Waals surface area contributed by atoms with Crippen LogP contribution in [0.2, 0.25) is 0 Å². The van der Waals surface area contributed by atoms with Crippen LogP contribution in [0.5, 0.6) is 0 Å². The van der Waals surface area contributed by atoms with Gasteiger partial charge in [0, 0.05) is 53.8 Å². The van der Waals surface area contributed by atoms with Gasteiger partial charge >= 0.3 is 0 Å². The van der Waals surface area contributed by atoms with E-state index in [1.54, 1.807) is 0 Å². The Morgan fingerprint density at radius 1 is 0.270 bits per heavy atom. The molecule has 1 spiro atoms. The van der Waals surface area contributed by atoms with Crippen LogP contribution in [0.3, 0.4) is 0 Å². The highest BCUT2D eigenvalue weighted by Gasteiger charge is 2.54. The van der Waals surface area contributed by atoms with Crippen LogP contribution in [-0.2, 0) is 5.41 Å². The first-order valence-electron chi connectivity index (χ1n) is 25.6. The van der Waals surface area contributed by atoms with E-state index in [0.717, 1.165) is 5.69 Å². The number of hydrogen-bond acceptors (Lipinski definition) is 1. The fourth-order valence-electron chi connectivity index (χ4n) is 13.0. The average molecular weight is 957 g/mol. The number of nitrogens with zero attached hydrogens (tertiary/aromatic N) is 2. The lowest BCUT2D eigenvalue weighted by Crippen LogP contribution is -2.24. The van der Waals surface area contributed by atoms with E-state index >= 15 is 0 Å². The molecule has 1 atom stereocenters. The highest BCUT2D eigenvalue weighted by Crippen LogP contribution is 2.68. The van der Waals surface area contributed by atoms with E-state index in [9.17, 15) is 0 Å². The maximum Gasteiger partial charge on any atom is 0.0819 e. The van der Waals surface area contributed by atoms with E-state index < -0.39 is 5.41 Å². The maximum atomic E-state index is 2.48. The number of rotatable bonds is 6. The highest BCUT2D eigenvalue weighted by molar-refractivity contribution is 7.17. The lowest BCUT2D eigenvalue weighted by molar-refractivity contribution is 0.811. The summed E-state index contributed by atoms with van der Waals surface area (Å²) in [4.78, 5) is 2.72. The van der Waals surface area contributed by atoms with E-state index in [1.165, 1.54) is 137 Å². The molecule has 1 unspecified atom stereocenters. The van der Waals surface area contributed by atoms with E-state index in [-0.39, 0.29) is 0 Å². The second-order valence-electron chi connectivity index (χ2n) is 19.9. The smallest absolute Gasteiger partial charge is 0.0819 e. The van der Waals surface area contributed by atoms with Crippen LogP contribution >= 0.6 is 11.3 Å². The first-order valence-corrected chi connectivity index (χ1v) is 26.4. The molecular formula is C71H44N2S. The van der Waals surface area contributed by atoms with Gasteiger partial charge in [-0.3, -0.25) is 0 Å². The Morgan fingerprint density at radius 3 is 1.28 bits per heavy atom. The fraction of sp³-hybridized carbons (Fsp3) is 0.0141. The van der Waals surface area contributed by atoms with Gasteiger partial charge in [0.25, 0.3) is 0 Å². The summed E-state index contributed by atoms with van der Waals surface area (Å²) in [6.45, 7) is 0. The van der Waals surface area contributed by atoms with Crippen molar-refractivity contribution in [2.75, 3.05) is 0 Å². The van der Waals surface area contributed by atoms with Crippen molar-refractivity contribution in [3.63, 3.8) is 0 Å². The third kappa shape index (κ3) is 5.76. The summed E-state index contributed by atoms with van der Waals surface area (Å²) in [6, 6.07) is 99.3. The predicted octanol–water partition coefficient (Wildman–Crippen LogP) is 19.0. The summed E-state index contributed by atoms with van der Waals surface area (Å²) in [5.41, 5.74) is 24.7. The monoisotopic (exact) mass is 956 g/mol. The Balaban J connectivity index is 0.883. The number of thiophene rings is 1. The maximum absolute atomic E-state index is 2.48. The lowest BCUT2D eigenvalue weighted by Gasteiger charge is -2.29. The zero-order valence-corrected chi connectivity index (χ0v) is 41.0. The van der Waals surface area contributed by atoms with E-state index in [2.05, 4.69) is 276 Å². The summed E-state index contributed by atoms with van der Waals surface area (Å²) in [7, 11) is 0. The molecule has 3 heterocycles. The minimum atomic E-state index is -0.458. The quantitative estimate of drug-likeness (QED) is 0.157. The van der Waals surface area contributed by atoms with Gasteiger partial charge < -0.3 is 9.13 Å². The van der Waals surface area contributed by atoms with Crippen molar-refractivity contribution in [3.8, 4) is 77.4 Å². The molecule has 0 saturated carbocycles. The molecule has 0 aliphatic heterocycles. The Bertz CT molecular complexity index is 4580. The molecule has 14 aromatic rings. The Kier molecular flexibility index (Phi) is 8.86. The number of aromatic nitrogens is 2. The van der Waals surface area contributed by atoms with Gasteiger partial charge in [-0.1, -0.05) is 194 Å². The molecule has 0 fully saturated rings. The van der Waals surface area contributed by atoms with E-state index in [1.807, 2.05) is 11.3 Å². The minimum Gasteiger partial charge on any atom is -0.309 e. The number of hydrogen-bond donors (Lipinski definition) is 0. The molecule has 0 saturated heterocycles. The topological polar surface area (TPSA) is 9.86 Å². The molecule has 0 bridgehead atoms. The van der Waals surface area contributed by atoms with E-state index in [0.29, 0.717) is 0 Å². The fourth-order valence-corrected chi connectivity index (χ4v) is 14.6. The van der Waals surface area contributed by atoms with Gasteiger partial charge in [0.05, 0.1) is 27.5 Å². The van der Waals surface area contributed by atoms with Gasteiger partial charge in [-0.15, -0.1) is 11.3 Å². The molecule has 2 nitrogen and oxygen atoms in total. The second kappa shape index (κ2) is 15.9. The molecule has 16 rings (SSSR count). The summed E-state index contributed by atoms with van der Waals surface area (Å²) >= 11 is 1.98. The molecule has 3 heteroatoms. The third-order valence-corrected chi connectivity index (χ3v) is 17.5. The molecule has 74 heavy (non-hydrogen) atoms. The van der Waals surface area contributed by atoms with Crippen molar-refractivity contribution in [2.24, 2.45) is 0 Å². The molecule has 0 amide bonds. The summed E-state index contributed by atoms with van der Waals surface area (Å²) < 4.78 is 4.82. The third-order valence-electron chi connectivity index (χ3n) is 16.1. The van der Waals surface area contributed by atoms with Crippen molar-refractivity contribution >= 4 is 54.9 Å². The van der Waals surface area contributed by atoms with Crippen LogP contribution in [0.4, 0.5) is 0 Å². The van der Waals surface area contributed by atoms with Crippen LogP contribution in [0, 0.1) is 0 Å². The minimum absolute atomic E-state index is 0.458. The molecule has 0 radical (unpaired) electrons. The lowest BCUT2D eigenvalue weighted by atomic mass is 9.73. The zero-order chi connectivity index (χ0) is 48.5.